The normalized spacial score (nSPS) is 46.9. The fourth-order valence-corrected chi connectivity index (χ4v) is 7.07. The largest absolute Gasteiger partial charge is 0.481 e. The van der Waals surface area contributed by atoms with Crippen LogP contribution in [0.2, 0.25) is 0 Å². The monoisotopic (exact) mass is 362 g/mol. The van der Waals surface area contributed by atoms with Gasteiger partial charge < -0.3 is 10.2 Å². The van der Waals surface area contributed by atoms with Crippen LogP contribution in [0.15, 0.2) is 11.6 Å². The average Bonchev–Trinajstić information content (AvgIpc) is 2.77. The van der Waals surface area contributed by atoms with E-state index in [9.17, 15) is 9.90 Å². The highest BCUT2D eigenvalue weighted by Crippen LogP contribution is 2.66. The Labute approximate surface area is 157 Å². The van der Waals surface area contributed by atoms with Gasteiger partial charge >= 0.3 is 0 Å². The zero-order valence-corrected chi connectivity index (χ0v) is 16.6. The molecular formula is C22H34O4. The van der Waals surface area contributed by atoms with Crippen molar-refractivity contribution >= 4 is 11.8 Å². The Bertz CT molecular complexity index is 620. The molecule has 4 aliphatic carbocycles. The molecule has 4 rings (SSSR count). The van der Waals surface area contributed by atoms with Gasteiger partial charge in [0.2, 0.25) is 0 Å². The smallest absolute Gasteiger partial charge is 0.300 e. The van der Waals surface area contributed by atoms with Gasteiger partial charge in [-0.15, -0.1) is 0 Å². The van der Waals surface area contributed by atoms with E-state index in [1.807, 2.05) is 6.08 Å². The molecule has 2 N–H and O–H groups in total. The Morgan fingerprint density at radius 2 is 1.85 bits per heavy atom. The summed E-state index contributed by atoms with van der Waals surface area (Å²) in [4.78, 5) is 20.8. The van der Waals surface area contributed by atoms with E-state index in [2.05, 4.69) is 20.8 Å². The van der Waals surface area contributed by atoms with E-state index in [0.29, 0.717) is 17.6 Å². The maximum Gasteiger partial charge on any atom is 0.300 e. The lowest BCUT2D eigenvalue weighted by Crippen LogP contribution is -2.52. The zero-order valence-electron chi connectivity index (χ0n) is 16.6. The number of carboxylic acids is 1. The summed E-state index contributed by atoms with van der Waals surface area (Å²) in [5.41, 5.74) is 1.84. The molecule has 146 valence electrons. The Kier molecular flexibility index (Phi) is 5.11. The summed E-state index contributed by atoms with van der Waals surface area (Å²) < 4.78 is 0. The van der Waals surface area contributed by atoms with Crippen molar-refractivity contribution in [2.45, 2.75) is 78.7 Å². The summed E-state index contributed by atoms with van der Waals surface area (Å²) in [6, 6.07) is 0. The molecule has 4 aliphatic rings. The molecule has 3 fully saturated rings. The number of fused-ring (bicyclic) bond motifs is 5. The first-order valence-corrected chi connectivity index (χ1v) is 10.2. The number of carbonyl (C=O) groups is 2. The number of ketones is 1. The van der Waals surface area contributed by atoms with Crippen LogP contribution in [0.1, 0.15) is 72.6 Å². The molecule has 0 aliphatic heterocycles. The summed E-state index contributed by atoms with van der Waals surface area (Å²) in [5.74, 6) is 2.31. The van der Waals surface area contributed by atoms with Crippen LogP contribution in [0.5, 0.6) is 0 Å². The molecule has 3 saturated carbocycles. The minimum absolute atomic E-state index is 0.105. The Morgan fingerprint density at radius 3 is 2.50 bits per heavy atom. The average molecular weight is 363 g/mol. The number of aliphatic hydroxyl groups excluding tert-OH is 1. The SMILES string of the molecule is CC(=O)O.CC1C[C@H](O)[C@@]2(C)CC[C@H]3[C@@H](CCC4=CC(=O)CC[C@@]43C)[C@H]12. The molecule has 26 heavy (non-hydrogen) atoms. The minimum Gasteiger partial charge on any atom is -0.481 e. The number of carboxylic acid groups (broad SMARTS) is 1. The van der Waals surface area contributed by atoms with E-state index in [1.165, 1.54) is 24.8 Å². The molecular weight excluding hydrogens is 328 g/mol. The fourth-order valence-electron chi connectivity index (χ4n) is 7.07. The van der Waals surface area contributed by atoms with Crippen LogP contribution in [-0.2, 0) is 9.59 Å². The van der Waals surface area contributed by atoms with E-state index >= 15 is 0 Å². The highest BCUT2D eigenvalue weighted by atomic mass is 16.4. The molecule has 0 aromatic carbocycles. The van der Waals surface area contributed by atoms with Gasteiger partial charge in [0.25, 0.3) is 5.97 Å². The van der Waals surface area contributed by atoms with Crippen LogP contribution in [-0.4, -0.2) is 28.1 Å². The summed E-state index contributed by atoms with van der Waals surface area (Å²) in [6.45, 7) is 8.22. The van der Waals surface area contributed by atoms with Gasteiger partial charge in [-0.05, 0) is 79.1 Å². The minimum atomic E-state index is -0.833. The lowest BCUT2D eigenvalue weighted by molar-refractivity contribution is -0.134. The second-order valence-electron chi connectivity index (χ2n) is 9.68. The lowest BCUT2D eigenvalue weighted by atomic mass is 9.46. The molecule has 0 bridgehead atoms. The van der Waals surface area contributed by atoms with Gasteiger partial charge in [-0.3, -0.25) is 9.59 Å². The molecule has 0 saturated heterocycles. The first-order valence-electron chi connectivity index (χ1n) is 10.2. The molecule has 4 nitrogen and oxygen atoms in total. The zero-order chi connectivity index (χ0) is 19.3. The van der Waals surface area contributed by atoms with E-state index in [-0.39, 0.29) is 16.9 Å². The number of hydrogen-bond donors (Lipinski definition) is 2. The first kappa shape index (κ1) is 19.6. The predicted molar refractivity (Wildman–Crippen MR) is 101 cm³/mol. The molecule has 1 unspecified atom stereocenters. The van der Waals surface area contributed by atoms with Crippen molar-refractivity contribution in [2.75, 3.05) is 0 Å². The van der Waals surface area contributed by atoms with Crippen molar-refractivity contribution < 1.29 is 19.8 Å². The van der Waals surface area contributed by atoms with Gasteiger partial charge in [0, 0.05) is 13.3 Å². The molecule has 0 heterocycles. The van der Waals surface area contributed by atoms with Crippen LogP contribution in [0.3, 0.4) is 0 Å². The summed E-state index contributed by atoms with van der Waals surface area (Å²) in [7, 11) is 0. The number of allylic oxidation sites excluding steroid dienone is 1. The molecule has 7 atom stereocenters. The maximum absolute atomic E-state index is 11.8. The highest BCUT2D eigenvalue weighted by molar-refractivity contribution is 5.91. The van der Waals surface area contributed by atoms with Crippen LogP contribution in [0, 0.1) is 34.5 Å². The van der Waals surface area contributed by atoms with Crippen LogP contribution in [0.4, 0.5) is 0 Å². The number of carbonyl (C=O) groups excluding carboxylic acids is 1. The van der Waals surface area contributed by atoms with Crippen LogP contribution < -0.4 is 0 Å². The first-order chi connectivity index (χ1) is 12.1. The van der Waals surface area contributed by atoms with E-state index in [4.69, 9.17) is 9.90 Å². The van der Waals surface area contributed by atoms with E-state index in [1.54, 1.807) is 0 Å². The van der Waals surface area contributed by atoms with Crippen molar-refractivity contribution in [1.82, 2.24) is 0 Å². The summed E-state index contributed by atoms with van der Waals surface area (Å²) in [6.07, 6.45) is 9.41. The van der Waals surface area contributed by atoms with E-state index < -0.39 is 5.97 Å². The third kappa shape index (κ3) is 3.04. The van der Waals surface area contributed by atoms with Gasteiger partial charge in [0.05, 0.1) is 6.10 Å². The maximum atomic E-state index is 11.8. The van der Waals surface area contributed by atoms with Crippen molar-refractivity contribution in [3.63, 3.8) is 0 Å². The number of hydrogen-bond acceptors (Lipinski definition) is 3. The summed E-state index contributed by atoms with van der Waals surface area (Å²) in [5, 5.41) is 18.0. The Morgan fingerprint density at radius 1 is 1.19 bits per heavy atom. The standard InChI is InChI=1S/C20H30O2.C2H4O2/c1-12-10-17(22)20(3)9-7-16-15(18(12)20)5-4-13-11-14(21)6-8-19(13,16)2;1-2(3)4/h11-12,15-18,22H,4-10H2,1-3H3;1H3,(H,3,4)/t12?,15-,16+,17+,18+,19+,20-;/m1./s1. The summed E-state index contributed by atoms with van der Waals surface area (Å²) >= 11 is 0. The highest BCUT2D eigenvalue weighted by Gasteiger charge is 2.60. The van der Waals surface area contributed by atoms with Crippen molar-refractivity contribution in [1.29, 1.82) is 0 Å². The molecule has 0 spiro atoms. The van der Waals surface area contributed by atoms with Gasteiger partial charge in [0.1, 0.15) is 0 Å². The van der Waals surface area contributed by atoms with Gasteiger partial charge in [-0.1, -0.05) is 26.3 Å². The lowest BCUT2D eigenvalue weighted by Gasteiger charge is -2.58. The second kappa shape index (κ2) is 6.78. The third-order valence-electron chi connectivity index (χ3n) is 8.23. The molecule has 0 radical (unpaired) electrons. The van der Waals surface area contributed by atoms with Gasteiger partial charge in [0.15, 0.2) is 5.78 Å². The molecule has 4 heteroatoms. The Hall–Kier alpha value is -1.16. The van der Waals surface area contributed by atoms with E-state index in [0.717, 1.165) is 44.4 Å². The fraction of sp³-hybridized carbons (Fsp3) is 0.818. The quantitative estimate of drug-likeness (QED) is 0.677. The number of aliphatic hydroxyl groups is 1. The molecule has 0 amide bonds. The second-order valence-corrected chi connectivity index (χ2v) is 9.68. The molecule has 0 aromatic heterocycles. The van der Waals surface area contributed by atoms with Crippen molar-refractivity contribution in [3.05, 3.63) is 11.6 Å². The van der Waals surface area contributed by atoms with Gasteiger partial charge in [-0.25, -0.2) is 0 Å². The Balaban J connectivity index is 0.000000447. The van der Waals surface area contributed by atoms with Crippen LogP contribution >= 0.6 is 0 Å². The van der Waals surface area contributed by atoms with Crippen LogP contribution in [0.25, 0.3) is 0 Å². The third-order valence-corrected chi connectivity index (χ3v) is 8.23. The number of rotatable bonds is 0. The van der Waals surface area contributed by atoms with Crippen molar-refractivity contribution in [3.8, 4) is 0 Å². The number of aliphatic carboxylic acids is 1. The molecule has 0 aromatic rings. The topological polar surface area (TPSA) is 74.6 Å². The predicted octanol–water partition coefficient (Wildman–Crippen LogP) is 4.22. The van der Waals surface area contributed by atoms with Gasteiger partial charge in [-0.2, -0.15) is 0 Å². The van der Waals surface area contributed by atoms with Crippen molar-refractivity contribution in [2.24, 2.45) is 34.5 Å².